The Morgan fingerprint density at radius 2 is 2.21 bits per heavy atom. The lowest BCUT2D eigenvalue weighted by molar-refractivity contribution is -0.114. The Hall–Kier alpha value is -1.51. The first-order valence-electron chi connectivity index (χ1n) is 4.62. The number of carbonyl (C=O) groups is 1. The van der Waals surface area contributed by atoms with E-state index in [1.54, 1.807) is 7.11 Å². The first kappa shape index (κ1) is 10.6. The van der Waals surface area contributed by atoms with Gasteiger partial charge in [-0.15, -0.1) is 0 Å². The second kappa shape index (κ2) is 4.65. The van der Waals surface area contributed by atoms with E-state index in [2.05, 4.69) is 5.32 Å². The van der Waals surface area contributed by atoms with E-state index >= 15 is 0 Å². The zero-order chi connectivity index (χ0) is 10.6. The Kier molecular flexibility index (Phi) is 3.51. The van der Waals surface area contributed by atoms with Crippen LogP contribution in [-0.4, -0.2) is 13.0 Å². The summed E-state index contributed by atoms with van der Waals surface area (Å²) < 4.78 is 5.10. The average molecular weight is 193 g/mol. The first-order valence-corrected chi connectivity index (χ1v) is 4.62. The zero-order valence-corrected chi connectivity index (χ0v) is 8.76. The molecule has 1 amide bonds. The zero-order valence-electron chi connectivity index (χ0n) is 8.76. The average Bonchev–Trinajstić information content (AvgIpc) is 2.17. The van der Waals surface area contributed by atoms with Crippen LogP contribution in [0.15, 0.2) is 18.2 Å². The van der Waals surface area contributed by atoms with E-state index in [1.165, 1.54) is 6.92 Å². The van der Waals surface area contributed by atoms with Gasteiger partial charge in [0.25, 0.3) is 0 Å². The van der Waals surface area contributed by atoms with Gasteiger partial charge in [0, 0.05) is 12.6 Å². The molecular weight excluding hydrogens is 178 g/mol. The van der Waals surface area contributed by atoms with E-state index in [4.69, 9.17) is 4.74 Å². The minimum Gasteiger partial charge on any atom is -0.497 e. The summed E-state index contributed by atoms with van der Waals surface area (Å²) in [5, 5.41) is 2.78. The fourth-order valence-corrected chi connectivity index (χ4v) is 1.30. The number of hydrogen-bond donors (Lipinski definition) is 1. The normalized spacial score (nSPS) is 9.64. The van der Waals surface area contributed by atoms with Crippen LogP contribution in [0.1, 0.15) is 19.4 Å². The molecular formula is C11H15NO2. The lowest BCUT2D eigenvalue weighted by Gasteiger charge is -2.09. The number of ether oxygens (including phenoxy) is 1. The van der Waals surface area contributed by atoms with Crippen LogP contribution in [-0.2, 0) is 11.2 Å². The van der Waals surface area contributed by atoms with Crippen molar-refractivity contribution in [3.05, 3.63) is 23.8 Å². The summed E-state index contributed by atoms with van der Waals surface area (Å²) >= 11 is 0. The van der Waals surface area contributed by atoms with Gasteiger partial charge >= 0.3 is 0 Å². The number of aryl methyl sites for hydroxylation is 1. The summed E-state index contributed by atoms with van der Waals surface area (Å²) in [7, 11) is 1.63. The van der Waals surface area contributed by atoms with E-state index in [1.807, 2.05) is 25.1 Å². The highest BCUT2D eigenvalue weighted by Gasteiger charge is 2.03. The molecule has 3 heteroatoms. The van der Waals surface area contributed by atoms with Gasteiger partial charge in [-0.3, -0.25) is 4.79 Å². The van der Waals surface area contributed by atoms with Gasteiger partial charge in [-0.25, -0.2) is 0 Å². The number of anilines is 1. The second-order valence-electron chi connectivity index (χ2n) is 3.06. The van der Waals surface area contributed by atoms with Crippen molar-refractivity contribution in [1.29, 1.82) is 0 Å². The molecule has 0 saturated heterocycles. The van der Waals surface area contributed by atoms with E-state index in [-0.39, 0.29) is 5.91 Å². The molecule has 0 aromatic heterocycles. The molecule has 14 heavy (non-hydrogen) atoms. The van der Waals surface area contributed by atoms with Crippen molar-refractivity contribution in [3.8, 4) is 5.75 Å². The van der Waals surface area contributed by atoms with Crippen LogP contribution in [0.2, 0.25) is 0 Å². The molecule has 1 aromatic carbocycles. The molecule has 0 aliphatic heterocycles. The topological polar surface area (TPSA) is 38.3 Å². The largest absolute Gasteiger partial charge is 0.497 e. The Morgan fingerprint density at radius 1 is 1.50 bits per heavy atom. The number of benzene rings is 1. The highest BCUT2D eigenvalue weighted by Crippen LogP contribution is 2.22. The SMILES string of the molecule is CCc1cc(OC)ccc1NC(C)=O. The molecule has 0 aliphatic rings. The summed E-state index contributed by atoms with van der Waals surface area (Å²) in [6.45, 7) is 3.55. The van der Waals surface area contributed by atoms with Crippen LogP contribution >= 0.6 is 0 Å². The summed E-state index contributed by atoms with van der Waals surface area (Å²) in [5.41, 5.74) is 1.94. The molecule has 76 valence electrons. The van der Waals surface area contributed by atoms with Crippen LogP contribution in [0.25, 0.3) is 0 Å². The van der Waals surface area contributed by atoms with Gasteiger partial charge in [0.15, 0.2) is 0 Å². The van der Waals surface area contributed by atoms with E-state index in [9.17, 15) is 4.79 Å². The van der Waals surface area contributed by atoms with Crippen LogP contribution in [0.5, 0.6) is 5.75 Å². The minimum atomic E-state index is -0.0510. The van der Waals surface area contributed by atoms with Gasteiger partial charge in [-0.05, 0) is 30.2 Å². The molecule has 0 unspecified atom stereocenters. The summed E-state index contributed by atoms with van der Waals surface area (Å²) in [6, 6.07) is 5.63. The smallest absolute Gasteiger partial charge is 0.221 e. The monoisotopic (exact) mass is 193 g/mol. The molecule has 0 saturated carbocycles. The maximum absolute atomic E-state index is 10.9. The van der Waals surface area contributed by atoms with Crippen LogP contribution in [0.4, 0.5) is 5.69 Å². The fourth-order valence-electron chi connectivity index (χ4n) is 1.30. The van der Waals surface area contributed by atoms with E-state index in [0.717, 1.165) is 23.4 Å². The molecule has 0 heterocycles. The Balaban J connectivity index is 2.98. The van der Waals surface area contributed by atoms with Crippen LogP contribution in [0.3, 0.4) is 0 Å². The number of methoxy groups -OCH3 is 1. The van der Waals surface area contributed by atoms with Crippen molar-refractivity contribution in [2.75, 3.05) is 12.4 Å². The summed E-state index contributed by atoms with van der Waals surface area (Å²) in [5.74, 6) is 0.765. The molecule has 0 radical (unpaired) electrons. The number of nitrogens with one attached hydrogen (secondary N) is 1. The fraction of sp³-hybridized carbons (Fsp3) is 0.364. The molecule has 0 fully saturated rings. The van der Waals surface area contributed by atoms with Crippen molar-refractivity contribution in [2.24, 2.45) is 0 Å². The number of carbonyl (C=O) groups excluding carboxylic acids is 1. The van der Waals surface area contributed by atoms with Crippen LogP contribution in [0, 0.1) is 0 Å². The maximum Gasteiger partial charge on any atom is 0.221 e. The Bertz CT molecular complexity index is 334. The van der Waals surface area contributed by atoms with Gasteiger partial charge in [0.05, 0.1) is 7.11 Å². The lowest BCUT2D eigenvalue weighted by atomic mass is 10.1. The third-order valence-corrected chi connectivity index (χ3v) is 2.00. The number of amides is 1. The molecule has 1 aromatic rings. The summed E-state index contributed by atoms with van der Waals surface area (Å²) in [4.78, 5) is 10.9. The molecule has 0 atom stereocenters. The van der Waals surface area contributed by atoms with Crippen molar-refractivity contribution in [1.82, 2.24) is 0 Å². The maximum atomic E-state index is 10.9. The van der Waals surface area contributed by atoms with Crippen molar-refractivity contribution in [3.63, 3.8) is 0 Å². The van der Waals surface area contributed by atoms with E-state index < -0.39 is 0 Å². The highest BCUT2D eigenvalue weighted by atomic mass is 16.5. The molecule has 3 nitrogen and oxygen atoms in total. The van der Waals surface area contributed by atoms with Gasteiger partial charge < -0.3 is 10.1 Å². The molecule has 1 rings (SSSR count). The predicted molar refractivity (Wildman–Crippen MR) is 56.7 cm³/mol. The molecule has 0 aliphatic carbocycles. The third-order valence-electron chi connectivity index (χ3n) is 2.00. The third kappa shape index (κ3) is 2.49. The Morgan fingerprint density at radius 3 is 2.71 bits per heavy atom. The summed E-state index contributed by atoms with van der Waals surface area (Å²) in [6.07, 6.45) is 0.868. The van der Waals surface area contributed by atoms with Crippen molar-refractivity contribution in [2.45, 2.75) is 20.3 Å². The standard InChI is InChI=1S/C11H15NO2/c1-4-9-7-10(14-3)5-6-11(9)12-8(2)13/h5-7H,4H2,1-3H3,(H,12,13). The predicted octanol–water partition coefficient (Wildman–Crippen LogP) is 2.22. The highest BCUT2D eigenvalue weighted by molar-refractivity contribution is 5.89. The molecule has 0 bridgehead atoms. The van der Waals surface area contributed by atoms with Crippen LogP contribution < -0.4 is 10.1 Å². The van der Waals surface area contributed by atoms with Crippen molar-refractivity contribution >= 4 is 11.6 Å². The molecule has 0 spiro atoms. The Labute approximate surface area is 84.1 Å². The van der Waals surface area contributed by atoms with Gasteiger partial charge in [0.1, 0.15) is 5.75 Å². The second-order valence-corrected chi connectivity index (χ2v) is 3.06. The number of hydrogen-bond acceptors (Lipinski definition) is 2. The van der Waals surface area contributed by atoms with Gasteiger partial charge in [0.2, 0.25) is 5.91 Å². The van der Waals surface area contributed by atoms with Gasteiger partial charge in [-0.1, -0.05) is 6.92 Å². The molecule has 1 N–H and O–H groups in total. The quantitative estimate of drug-likeness (QED) is 0.799. The van der Waals surface area contributed by atoms with E-state index in [0.29, 0.717) is 0 Å². The van der Waals surface area contributed by atoms with Crippen molar-refractivity contribution < 1.29 is 9.53 Å². The number of rotatable bonds is 3. The minimum absolute atomic E-state index is 0.0510. The first-order chi connectivity index (χ1) is 6.67. The lowest BCUT2D eigenvalue weighted by Crippen LogP contribution is -2.07. The van der Waals surface area contributed by atoms with Gasteiger partial charge in [-0.2, -0.15) is 0 Å².